The maximum absolute atomic E-state index is 13.3. The number of carbonyl (C=O) groups excluding carboxylic acids is 4. The van der Waals surface area contributed by atoms with Crippen molar-refractivity contribution in [2.45, 2.75) is 25.3 Å². The first-order valence-corrected chi connectivity index (χ1v) is 21.2. The highest BCUT2D eigenvalue weighted by Crippen LogP contribution is 2.47. The number of rotatable bonds is 11. The zero-order chi connectivity index (χ0) is 41.5. The van der Waals surface area contributed by atoms with Crippen molar-refractivity contribution in [3.8, 4) is 27.7 Å². The molecule has 5 aromatic rings. The van der Waals surface area contributed by atoms with E-state index in [0.717, 1.165) is 109 Å². The molecule has 3 fully saturated rings. The van der Waals surface area contributed by atoms with Gasteiger partial charge in [-0.1, -0.05) is 24.3 Å². The van der Waals surface area contributed by atoms with Crippen LogP contribution in [0.1, 0.15) is 40.0 Å². The number of piperidine rings is 1. The number of nitrogens with zero attached hydrogens (tertiary/aromatic N) is 5. The number of aromatic hydroxyl groups is 1. The molecule has 3 saturated heterocycles. The van der Waals surface area contributed by atoms with E-state index in [1.54, 1.807) is 36.4 Å². The monoisotopic (exact) mass is 828 g/mol. The molecule has 1 atom stereocenters. The van der Waals surface area contributed by atoms with Crippen LogP contribution in [-0.4, -0.2) is 132 Å². The Kier molecular flexibility index (Phi) is 11.0. The van der Waals surface area contributed by atoms with Gasteiger partial charge in [0.1, 0.15) is 17.5 Å². The van der Waals surface area contributed by atoms with Gasteiger partial charge >= 0.3 is 7.12 Å². The SMILES string of the molecule is O=C1CCC(N2C(=O)c3ccc(N4CCN(CCCN5CCN(c6ccc(Oc7c(-c8ccc(B(O)O)cc8)sc8cc(O)ccc78)cc6)CC5)CC4)cc3C2=O)C(=O)N1. The second kappa shape index (κ2) is 16.7. The summed E-state index contributed by atoms with van der Waals surface area (Å²) in [5, 5.41) is 32.4. The van der Waals surface area contributed by atoms with Crippen molar-refractivity contribution in [2.75, 3.05) is 75.2 Å². The van der Waals surface area contributed by atoms with E-state index in [1.807, 2.05) is 36.4 Å². The van der Waals surface area contributed by atoms with Crippen LogP contribution in [0.5, 0.6) is 17.2 Å². The van der Waals surface area contributed by atoms with E-state index in [1.165, 1.54) is 11.3 Å². The molecule has 308 valence electrons. The van der Waals surface area contributed by atoms with Gasteiger partial charge in [-0.2, -0.15) is 0 Å². The van der Waals surface area contributed by atoms with E-state index < -0.39 is 36.8 Å². The summed E-state index contributed by atoms with van der Waals surface area (Å²) >= 11 is 1.51. The average Bonchev–Trinajstić information content (AvgIpc) is 3.73. The molecule has 4 aliphatic heterocycles. The molecule has 0 aliphatic carbocycles. The lowest BCUT2D eigenvalue weighted by molar-refractivity contribution is -0.136. The molecule has 4 aliphatic rings. The van der Waals surface area contributed by atoms with Crippen LogP contribution in [0.4, 0.5) is 11.4 Å². The predicted octanol–water partition coefficient (Wildman–Crippen LogP) is 3.48. The number of ether oxygens (including phenoxy) is 1. The largest absolute Gasteiger partial charge is 0.508 e. The van der Waals surface area contributed by atoms with Crippen LogP contribution in [0.25, 0.3) is 20.5 Å². The van der Waals surface area contributed by atoms with Crippen molar-refractivity contribution in [3.63, 3.8) is 0 Å². The van der Waals surface area contributed by atoms with Crippen LogP contribution < -0.4 is 25.3 Å². The van der Waals surface area contributed by atoms with Gasteiger partial charge in [0.15, 0.2) is 5.75 Å². The van der Waals surface area contributed by atoms with E-state index in [0.29, 0.717) is 28.1 Å². The Bertz CT molecular complexity index is 2450. The number of anilines is 2. The van der Waals surface area contributed by atoms with E-state index in [9.17, 15) is 34.3 Å². The molecule has 14 nitrogen and oxygen atoms in total. The topological polar surface area (TPSA) is 166 Å². The lowest BCUT2D eigenvalue weighted by Gasteiger charge is -2.38. The van der Waals surface area contributed by atoms with Crippen LogP contribution in [0, 0.1) is 0 Å². The van der Waals surface area contributed by atoms with Crippen molar-refractivity contribution in [1.82, 2.24) is 20.0 Å². The third kappa shape index (κ3) is 7.96. The van der Waals surface area contributed by atoms with E-state index in [-0.39, 0.29) is 18.6 Å². The van der Waals surface area contributed by atoms with Gasteiger partial charge in [-0.25, -0.2) is 0 Å². The molecule has 0 saturated carbocycles. The Morgan fingerprint density at radius 1 is 0.717 bits per heavy atom. The van der Waals surface area contributed by atoms with Crippen LogP contribution >= 0.6 is 11.3 Å². The van der Waals surface area contributed by atoms with Gasteiger partial charge in [-0.15, -0.1) is 11.3 Å². The summed E-state index contributed by atoms with van der Waals surface area (Å²) in [5.74, 6) is -0.402. The molecule has 4 aromatic carbocycles. The molecule has 0 spiro atoms. The van der Waals surface area contributed by atoms with Gasteiger partial charge < -0.3 is 29.7 Å². The summed E-state index contributed by atoms with van der Waals surface area (Å²) in [6.07, 6.45) is 1.30. The van der Waals surface area contributed by atoms with Gasteiger partial charge in [0.2, 0.25) is 11.8 Å². The van der Waals surface area contributed by atoms with Crippen molar-refractivity contribution >= 4 is 69.0 Å². The van der Waals surface area contributed by atoms with Crippen LogP contribution in [-0.2, 0) is 9.59 Å². The average molecular weight is 829 g/mol. The summed E-state index contributed by atoms with van der Waals surface area (Å²) in [4.78, 5) is 62.0. The normalized spacial score (nSPS) is 19.0. The summed E-state index contributed by atoms with van der Waals surface area (Å²) < 4.78 is 7.41. The highest BCUT2D eigenvalue weighted by Gasteiger charge is 2.45. The predicted molar refractivity (Wildman–Crippen MR) is 230 cm³/mol. The molecule has 0 bridgehead atoms. The Labute approximate surface area is 351 Å². The minimum absolute atomic E-state index is 0.0924. The van der Waals surface area contributed by atoms with Gasteiger partial charge in [0.25, 0.3) is 11.8 Å². The van der Waals surface area contributed by atoms with Crippen molar-refractivity contribution in [2.24, 2.45) is 0 Å². The van der Waals surface area contributed by atoms with Gasteiger partial charge in [-0.3, -0.25) is 39.2 Å². The minimum Gasteiger partial charge on any atom is -0.508 e. The zero-order valence-corrected chi connectivity index (χ0v) is 33.8. The first-order chi connectivity index (χ1) is 29.1. The summed E-state index contributed by atoms with van der Waals surface area (Å²) in [7, 11) is -1.54. The Hall–Kier alpha value is -5.78. The number of hydrogen-bond acceptors (Lipinski definition) is 13. The Balaban J connectivity index is 0.736. The van der Waals surface area contributed by atoms with Gasteiger partial charge in [0, 0.05) is 80.2 Å². The molecule has 5 heterocycles. The summed E-state index contributed by atoms with van der Waals surface area (Å²) in [5.41, 5.74) is 3.91. The second-order valence-corrected chi connectivity index (χ2v) is 16.8. The number of amides is 4. The second-order valence-electron chi connectivity index (χ2n) is 15.7. The number of imide groups is 2. The number of benzene rings is 4. The van der Waals surface area contributed by atoms with Crippen LogP contribution in [0.2, 0.25) is 0 Å². The number of carbonyl (C=O) groups is 4. The quantitative estimate of drug-likeness (QED) is 0.113. The third-order valence-corrected chi connectivity index (χ3v) is 13.2. The maximum Gasteiger partial charge on any atom is 0.488 e. The van der Waals surface area contributed by atoms with Crippen molar-refractivity contribution in [1.29, 1.82) is 0 Å². The number of nitrogens with one attached hydrogen (secondary N) is 1. The highest BCUT2D eigenvalue weighted by molar-refractivity contribution is 7.22. The zero-order valence-electron chi connectivity index (χ0n) is 33.0. The molecule has 4 amide bonds. The molecular formula is C44H45BN6O8S. The maximum atomic E-state index is 13.3. The third-order valence-electron chi connectivity index (χ3n) is 12.0. The van der Waals surface area contributed by atoms with Crippen LogP contribution in [0.3, 0.4) is 0 Å². The number of thiophene rings is 1. The lowest BCUT2D eigenvalue weighted by atomic mass is 9.80. The summed E-state index contributed by atoms with van der Waals surface area (Å²) in [6, 6.07) is 24.8. The van der Waals surface area contributed by atoms with E-state index in [2.05, 4.69) is 37.0 Å². The molecule has 16 heteroatoms. The standard InChI is InChI=1S/C44H45BN6O8S/c52-32-9-13-35-38(27-32)60-41(28-2-4-29(5-3-28)45(57)58)40(35)59-33-10-6-30(7-11-33)49-22-18-47(19-23-49)16-1-17-48-20-24-50(25-21-48)31-8-12-34-36(26-31)44(56)51(43(34)55)37-14-15-39(53)46-42(37)54/h2-13,26-27,37,52,57-58H,1,14-25H2,(H,46,53,54). The first-order valence-electron chi connectivity index (χ1n) is 20.4. The number of piperazine rings is 2. The smallest absolute Gasteiger partial charge is 0.488 e. The van der Waals surface area contributed by atoms with Crippen molar-refractivity contribution in [3.05, 3.63) is 96.1 Å². The summed E-state index contributed by atoms with van der Waals surface area (Å²) in [6.45, 7) is 9.27. The number of phenols is 1. The van der Waals surface area contributed by atoms with Gasteiger partial charge in [-0.05, 0) is 97.6 Å². The number of phenolic OH excluding ortho intramolecular Hbond substituents is 1. The molecule has 1 unspecified atom stereocenters. The molecule has 4 N–H and O–H groups in total. The minimum atomic E-state index is -1.54. The fourth-order valence-corrected chi connectivity index (χ4v) is 9.80. The molecule has 60 heavy (non-hydrogen) atoms. The molecular weight excluding hydrogens is 783 g/mol. The van der Waals surface area contributed by atoms with Crippen LogP contribution in [0.15, 0.2) is 84.9 Å². The fourth-order valence-electron chi connectivity index (χ4n) is 8.64. The number of fused-ring (bicyclic) bond motifs is 2. The fraction of sp³-hybridized carbons (Fsp3) is 0.318. The highest BCUT2D eigenvalue weighted by atomic mass is 32.1. The molecule has 1 aromatic heterocycles. The Morgan fingerprint density at radius 3 is 2.00 bits per heavy atom. The number of hydrogen-bond donors (Lipinski definition) is 4. The lowest BCUT2D eigenvalue weighted by Crippen LogP contribution is -2.54. The molecule has 9 rings (SSSR count). The molecule has 0 radical (unpaired) electrons. The van der Waals surface area contributed by atoms with E-state index in [4.69, 9.17) is 4.74 Å². The van der Waals surface area contributed by atoms with E-state index >= 15 is 0 Å². The Morgan fingerprint density at radius 2 is 1.35 bits per heavy atom. The van der Waals surface area contributed by atoms with Crippen molar-refractivity contribution < 1.29 is 39.1 Å². The van der Waals surface area contributed by atoms with Gasteiger partial charge in [0.05, 0.1) is 16.0 Å². The first kappa shape index (κ1) is 39.7.